The van der Waals surface area contributed by atoms with E-state index in [0.717, 1.165) is 58.0 Å². The van der Waals surface area contributed by atoms with E-state index in [-0.39, 0.29) is 42.4 Å². The molecule has 0 aliphatic carbocycles. The first-order valence-corrected chi connectivity index (χ1v) is 14.4. The normalized spacial score (nSPS) is 30.3. The van der Waals surface area contributed by atoms with Crippen LogP contribution in [0.1, 0.15) is 56.1 Å². The van der Waals surface area contributed by atoms with Gasteiger partial charge in [0.2, 0.25) is 0 Å². The van der Waals surface area contributed by atoms with Gasteiger partial charge in [0.25, 0.3) is 0 Å². The van der Waals surface area contributed by atoms with Gasteiger partial charge >= 0.3 is 12.2 Å². The number of ether oxygens (including phenoxy) is 4. The zero-order chi connectivity index (χ0) is 26.1. The predicted molar refractivity (Wildman–Crippen MR) is 140 cm³/mol. The van der Waals surface area contributed by atoms with Gasteiger partial charge in [0.05, 0.1) is 19.8 Å². The van der Waals surface area contributed by atoms with E-state index in [0.29, 0.717) is 39.0 Å². The van der Waals surface area contributed by atoms with Gasteiger partial charge < -0.3 is 33.6 Å². The van der Waals surface area contributed by atoms with Crippen molar-refractivity contribution in [2.75, 3.05) is 53.2 Å². The molecular weight excluding hydrogens is 486 g/mol. The molecule has 5 heterocycles. The smallest absolute Gasteiger partial charge is 0.410 e. The quantitative estimate of drug-likeness (QED) is 0.542. The Morgan fingerprint density at radius 2 is 1.76 bits per heavy atom. The highest BCUT2D eigenvalue weighted by molar-refractivity contribution is 5.70. The maximum absolute atomic E-state index is 13.0. The Kier molecular flexibility index (Phi) is 7.51. The van der Waals surface area contributed by atoms with Crippen LogP contribution in [0.15, 0.2) is 24.3 Å². The largest absolute Gasteiger partial charge is 0.447 e. The molecule has 0 aromatic heterocycles. The summed E-state index contributed by atoms with van der Waals surface area (Å²) in [7, 11) is 1.61. The molecule has 4 saturated heterocycles. The molecule has 3 atom stereocenters. The van der Waals surface area contributed by atoms with Gasteiger partial charge in [-0.05, 0) is 62.7 Å². The molecule has 38 heavy (non-hydrogen) atoms. The van der Waals surface area contributed by atoms with Crippen molar-refractivity contribution < 1.29 is 28.5 Å². The lowest BCUT2D eigenvalue weighted by molar-refractivity contribution is 0.00431. The zero-order valence-corrected chi connectivity index (χ0v) is 22.5. The SMILES string of the molecule is COCCOC(=O)N1Cc2ccccc2C2(CCN(C3CC4CCC(C3)N4C(=O)O[C@H]3CCOC3)CC2)C1. The number of carbonyl (C=O) groups is 2. The molecule has 4 fully saturated rings. The lowest BCUT2D eigenvalue weighted by atomic mass is 9.68. The summed E-state index contributed by atoms with van der Waals surface area (Å²) in [5.74, 6) is 0. The van der Waals surface area contributed by atoms with Crippen molar-refractivity contribution in [2.45, 2.75) is 81.1 Å². The third-order valence-corrected chi connectivity index (χ3v) is 9.56. The Hall–Kier alpha value is -2.36. The van der Waals surface area contributed by atoms with E-state index in [2.05, 4.69) is 29.2 Å². The number of methoxy groups -OCH3 is 1. The van der Waals surface area contributed by atoms with Crippen LogP contribution >= 0.6 is 0 Å². The van der Waals surface area contributed by atoms with E-state index in [1.807, 2.05) is 9.80 Å². The molecule has 5 aliphatic rings. The highest BCUT2D eigenvalue weighted by Crippen LogP contribution is 2.44. The molecule has 2 bridgehead atoms. The molecule has 9 nitrogen and oxygen atoms in total. The average molecular weight is 528 g/mol. The van der Waals surface area contributed by atoms with Gasteiger partial charge in [0.15, 0.2) is 0 Å². The molecule has 1 aromatic carbocycles. The van der Waals surface area contributed by atoms with Crippen molar-refractivity contribution in [1.29, 1.82) is 0 Å². The molecular formula is C29H41N3O6. The van der Waals surface area contributed by atoms with E-state index < -0.39 is 0 Å². The summed E-state index contributed by atoms with van der Waals surface area (Å²) in [5, 5.41) is 0. The number of rotatable bonds is 5. The third kappa shape index (κ3) is 5.00. The first kappa shape index (κ1) is 25.9. The summed E-state index contributed by atoms with van der Waals surface area (Å²) in [6.45, 7) is 5.20. The minimum atomic E-state index is -0.252. The van der Waals surface area contributed by atoms with Gasteiger partial charge in [-0.25, -0.2) is 9.59 Å². The van der Waals surface area contributed by atoms with Gasteiger partial charge in [-0.3, -0.25) is 0 Å². The van der Waals surface area contributed by atoms with Crippen LogP contribution in [0.3, 0.4) is 0 Å². The molecule has 0 radical (unpaired) electrons. The Morgan fingerprint density at radius 1 is 1.00 bits per heavy atom. The van der Waals surface area contributed by atoms with Crippen molar-refractivity contribution in [3.63, 3.8) is 0 Å². The number of carbonyl (C=O) groups excluding carboxylic acids is 2. The van der Waals surface area contributed by atoms with Crippen LogP contribution < -0.4 is 0 Å². The lowest BCUT2D eigenvalue weighted by Crippen LogP contribution is -2.58. The molecule has 1 aromatic rings. The van der Waals surface area contributed by atoms with E-state index in [1.54, 1.807) is 7.11 Å². The fraction of sp³-hybridized carbons (Fsp3) is 0.724. The molecule has 208 valence electrons. The second kappa shape index (κ2) is 11.0. The van der Waals surface area contributed by atoms with Crippen molar-refractivity contribution in [2.24, 2.45) is 0 Å². The average Bonchev–Trinajstić information content (AvgIpc) is 3.54. The molecule has 6 rings (SSSR count). The molecule has 1 spiro atoms. The lowest BCUT2D eigenvalue weighted by Gasteiger charge is -2.51. The number of piperidine rings is 2. The Morgan fingerprint density at radius 3 is 2.47 bits per heavy atom. The molecule has 9 heteroatoms. The summed E-state index contributed by atoms with van der Waals surface area (Å²) in [6.07, 6.45) is 6.55. The number of hydrogen-bond donors (Lipinski definition) is 0. The first-order valence-electron chi connectivity index (χ1n) is 14.4. The first-order chi connectivity index (χ1) is 18.6. The van der Waals surface area contributed by atoms with Crippen LogP contribution in [0.2, 0.25) is 0 Å². The molecule has 0 saturated carbocycles. The van der Waals surface area contributed by atoms with Gasteiger partial charge in [-0.15, -0.1) is 0 Å². The number of likely N-dealkylation sites (tertiary alicyclic amines) is 1. The van der Waals surface area contributed by atoms with Crippen LogP contribution in [-0.2, 0) is 30.9 Å². The Bertz CT molecular complexity index is 992. The fourth-order valence-electron chi connectivity index (χ4n) is 7.62. The second-order valence-electron chi connectivity index (χ2n) is 11.7. The monoisotopic (exact) mass is 527 g/mol. The predicted octanol–water partition coefficient (Wildman–Crippen LogP) is 3.54. The number of amides is 2. The minimum absolute atomic E-state index is 0.0432. The molecule has 2 amide bonds. The summed E-state index contributed by atoms with van der Waals surface area (Å²) in [5.41, 5.74) is 2.58. The highest BCUT2D eigenvalue weighted by atomic mass is 16.6. The number of hydrogen-bond acceptors (Lipinski definition) is 7. The molecule has 5 aliphatic heterocycles. The Labute approximate surface area is 225 Å². The molecule has 2 unspecified atom stereocenters. The van der Waals surface area contributed by atoms with E-state index in [4.69, 9.17) is 18.9 Å². The van der Waals surface area contributed by atoms with Crippen LogP contribution in [0.5, 0.6) is 0 Å². The highest BCUT2D eigenvalue weighted by Gasteiger charge is 2.49. The fourth-order valence-corrected chi connectivity index (χ4v) is 7.62. The standard InChI is InChI=1S/C29H41N3O6/c1-35-14-15-37-27(33)31-18-21-4-2-3-5-26(21)29(20-31)9-11-30(12-10-29)24-16-22-6-7-23(17-24)32(22)28(34)38-25-8-13-36-19-25/h2-5,22-25H,6-20H2,1H3/t22?,23?,24?,25-/m0/s1. The maximum atomic E-state index is 13.0. The van der Waals surface area contributed by atoms with E-state index >= 15 is 0 Å². The Balaban J connectivity index is 1.09. The number of fused-ring (bicyclic) bond motifs is 4. The topological polar surface area (TPSA) is 80.8 Å². The summed E-state index contributed by atoms with van der Waals surface area (Å²) < 4.78 is 21.7. The van der Waals surface area contributed by atoms with Crippen LogP contribution in [0, 0.1) is 0 Å². The second-order valence-corrected chi connectivity index (χ2v) is 11.7. The van der Waals surface area contributed by atoms with Gasteiger partial charge in [-0.1, -0.05) is 24.3 Å². The van der Waals surface area contributed by atoms with Crippen LogP contribution in [0.25, 0.3) is 0 Å². The minimum Gasteiger partial charge on any atom is -0.447 e. The maximum Gasteiger partial charge on any atom is 0.410 e. The van der Waals surface area contributed by atoms with Crippen molar-refractivity contribution in [3.05, 3.63) is 35.4 Å². The van der Waals surface area contributed by atoms with E-state index in [1.165, 1.54) is 11.1 Å². The molecule has 0 N–H and O–H groups in total. The van der Waals surface area contributed by atoms with E-state index in [9.17, 15) is 9.59 Å². The summed E-state index contributed by atoms with van der Waals surface area (Å²) >= 11 is 0. The zero-order valence-electron chi connectivity index (χ0n) is 22.5. The summed E-state index contributed by atoms with van der Waals surface area (Å²) in [4.78, 5) is 32.4. The van der Waals surface area contributed by atoms with Crippen LogP contribution in [-0.4, -0.2) is 104 Å². The third-order valence-electron chi connectivity index (χ3n) is 9.56. The number of nitrogens with zero attached hydrogens (tertiary/aromatic N) is 3. The summed E-state index contributed by atoms with van der Waals surface area (Å²) in [6, 6.07) is 9.66. The van der Waals surface area contributed by atoms with Crippen molar-refractivity contribution >= 4 is 12.2 Å². The van der Waals surface area contributed by atoms with Gasteiger partial charge in [0.1, 0.15) is 12.7 Å². The van der Waals surface area contributed by atoms with Crippen LogP contribution in [0.4, 0.5) is 9.59 Å². The van der Waals surface area contributed by atoms with Gasteiger partial charge in [-0.2, -0.15) is 0 Å². The number of benzene rings is 1. The van der Waals surface area contributed by atoms with Crippen molar-refractivity contribution in [3.8, 4) is 0 Å². The van der Waals surface area contributed by atoms with Gasteiger partial charge in [0, 0.05) is 50.2 Å². The van der Waals surface area contributed by atoms with Crippen molar-refractivity contribution in [1.82, 2.24) is 14.7 Å².